The first-order valence-corrected chi connectivity index (χ1v) is 13.2. The van der Waals surface area contributed by atoms with Gasteiger partial charge >= 0.3 is 0 Å². The number of sulfone groups is 1. The van der Waals surface area contributed by atoms with Gasteiger partial charge in [0.2, 0.25) is 5.13 Å². The third-order valence-electron chi connectivity index (χ3n) is 5.55. The van der Waals surface area contributed by atoms with Crippen molar-refractivity contribution in [2.45, 2.75) is 39.5 Å². The van der Waals surface area contributed by atoms with Gasteiger partial charge in [0.1, 0.15) is 5.82 Å². The number of hydrogen-bond acceptors (Lipinski definition) is 8. The van der Waals surface area contributed by atoms with Gasteiger partial charge in [0.25, 0.3) is 0 Å². The van der Waals surface area contributed by atoms with E-state index < -0.39 is 9.84 Å². The summed E-state index contributed by atoms with van der Waals surface area (Å²) in [5.74, 6) is 0.0161. The van der Waals surface area contributed by atoms with Crippen molar-refractivity contribution in [3.05, 3.63) is 51.0 Å². The monoisotopic (exact) mass is 496 g/mol. The van der Waals surface area contributed by atoms with Crippen molar-refractivity contribution in [1.29, 1.82) is 0 Å². The van der Waals surface area contributed by atoms with Gasteiger partial charge in [-0.05, 0) is 51.7 Å². The summed E-state index contributed by atoms with van der Waals surface area (Å²) >= 11 is 6.72. The van der Waals surface area contributed by atoms with Crippen molar-refractivity contribution in [3.8, 4) is 0 Å². The Morgan fingerprint density at radius 1 is 1.31 bits per heavy atom. The maximum atomic E-state index is 13.9. The Labute approximate surface area is 195 Å². The molecule has 0 saturated carbocycles. The summed E-state index contributed by atoms with van der Waals surface area (Å²) in [6.07, 6.45) is 0.603. The van der Waals surface area contributed by atoms with E-state index in [1.54, 1.807) is 22.9 Å². The first-order valence-electron chi connectivity index (χ1n) is 10.2. The van der Waals surface area contributed by atoms with Crippen LogP contribution in [-0.4, -0.2) is 51.4 Å². The molecule has 1 aliphatic heterocycles. The predicted octanol–water partition coefficient (Wildman–Crippen LogP) is 3.82. The normalized spacial score (nSPS) is 17.8. The predicted molar refractivity (Wildman–Crippen MR) is 126 cm³/mol. The van der Waals surface area contributed by atoms with Crippen molar-refractivity contribution in [1.82, 2.24) is 24.5 Å². The molecule has 0 spiro atoms. The summed E-state index contributed by atoms with van der Waals surface area (Å²) in [7, 11) is -1.02. The molecule has 3 aromatic rings. The Morgan fingerprint density at radius 3 is 2.75 bits per heavy atom. The van der Waals surface area contributed by atoms with Crippen LogP contribution in [0.4, 0.5) is 15.2 Å². The molecule has 1 saturated heterocycles. The molecule has 8 nitrogen and oxygen atoms in total. The average Bonchev–Trinajstić information content (AvgIpc) is 3.34. The minimum Gasteiger partial charge on any atom is -0.328 e. The number of hydrogen-bond donors (Lipinski definition) is 1. The first-order chi connectivity index (χ1) is 15.1. The highest BCUT2D eigenvalue weighted by atomic mass is 32.2. The van der Waals surface area contributed by atoms with Gasteiger partial charge in [-0.3, -0.25) is 9.58 Å². The Morgan fingerprint density at radius 2 is 2.06 bits per heavy atom. The summed E-state index contributed by atoms with van der Waals surface area (Å²) in [4.78, 5) is 2.06. The van der Waals surface area contributed by atoms with E-state index in [0.29, 0.717) is 34.4 Å². The fraction of sp³-hybridized carbons (Fsp3) is 0.450. The third kappa shape index (κ3) is 4.92. The number of aromatic nitrogens is 4. The summed E-state index contributed by atoms with van der Waals surface area (Å²) in [5, 5.41) is 12.6. The molecule has 3 heterocycles. The average molecular weight is 497 g/mol. The molecule has 172 valence electrons. The lowest BCUT2D eigenvalue weighted by Crippen LogP contribution is -2.23. The first kappa shape index (κ1) is 23.0. The maximum Gasteiger partial charge on any atom is 0.209 e. The van der Waals surface area contributed by atoms with E-state index in [-0.39, 0.29) is 23.4 Å². The van der Waals surface area contributed by atoms with Crippen LogP contribution in [-0.2, 0) is 23.1 Å². The van der Waals surface area contributed by atoms with Gasteiger partial charge in [0.15, 0.2) is 13.8 Å². The summed E-state index contributed by atoms with van der Waals surface area (Å²) in [6, 6.07) is 6.32. The topological polar surface area (TPSA) is 85.1 Å². The largest absolute Gasteiger partial charge is 0.328 e. The highest BCUT2D eigenvalue weighted by molar-refractivity contribution is 7.91. The van der Waals surface area contributed by atoms with Gasteiger partial charge in [-0.15, -0.1) is 5.10 Å². The molecule has 32 heavy (non-hydrogen) atoms. The smallest absolute Gasteiger partial charge is 0.209 e. The SMILES string of the molecule is Cc1nn(C2CCS(=O)(=O)C2)c(C)c1CN(C)Cn1nc(Nc2ccccc2F)sc1=S. The van der Waals surface area contributed by atoms with Crippen LogP contribution < -0.4 is 5.32 Å². The number of halogens is 1. The molecule has 0 aliphatic carbocycles. The van der Waals surface area contributed by atoms with Gasteiger partial charge < -0.3 is 5.32 Å². The summed E-state index contributed by atoms with van der Waals surface area (Å²) < 4.78 is 41.8. The third-order valence-corrected chi connectivity index (χ3v) is 8.53. The fourth-order valence-corrected chi connectivity index (χ4v) is 6.62. The molecule has 1 N–H and O–H groups in total. The summed E-state index contributed by atoms with van der Waals surface area (Å²) in [6.45, 7) is 5.00. The lowest BCUT2D eigenvalue weighted by atomic mass is 10.2. The van der Waals surface area contributed by atoms with Crippen LogP contribution in [0.25, 0.3) is 0 Å². The minimum absolute atomic E-state index is 0.100. The molecule has 1 atom stereocenters. The molecular formula is C20H25FN6O2S3. The van der Waals surface area contributed by atoms with E-state index in [1.807, 2.05) is 25.6 Å². The van der Waals surface area contributed by atoms with E-state index in [2.05, 4.69) is 20.4 Å². The van der Waals surface area contributed by atoms with Crippen molar-refractivity contribution in [2.24, 2.45) is 0 Å². The number of anilines is 2. The molecule has 0 radical (unpaired) electrons. The Bertz CT molecular complexity index is 1300. The number of rotatable bonds is 7. The lowest BCUT2D eigenvalue weighted by molar-refractivity contribution is 0.244. The number of nitrogens with zero attached hydrogens (tertiary/aromatic N) is 5. The van der Waals surface area contributed by atoms with Gasteiger partial charge in [0, 0.05) is 17.8 Å². The van der Waals surface area contributed by atoms with Crippen LogP contribution in [0.15, 0.2) is 24.3 Å². The molecule has 12 heteroatoms. The molecule has 1 aliphatic rings. The Balaban J connectivity index is 1.45. The Kier molecular flexibility index (Phi) is 6.48. The van der Waals surface area contributed by atoms with Crippen molar-refractivity contribution < 1.29 is 12.8 Å². The molecule has 0 amide bonds. The maximum absolute atomic E-state index is 13.9. The van der Waals surface area contributed by atoms with Crippen molar-refractivity contribution in [2.75, 3.05) is 23.9 Å². The zero-order chi connectivity index (χ0) is 23.0. The fourth-order valence-electron chi connectivity index (χ4n) is 3.92. The highest BCUT2D eigenvalue weighted by Gasteiger charge is 2.31. The molecule has 1 aromatic carbocycles. The van der Waals surface area contributed by atoms with Crippen LogP contribution in [0, 0.1) is 23.6 Å². The molecule has 1 fully saturated rings. The van der Waals surface area contributed by atoms with E-state index >= 15 is 0 Å². The van der Waals surface area contributed by atoms with Crippen LogP contribution in [0.3, 0.4) is 0 Å². The van der Waals surface area contributed by atoms with Crippen molar-refractivity contribution >= 4 is 44.2 Å². The number of para-hydroxylation sites is 1. The van der Waals surface area contributed by atoms with E-state index in [1.165, 1.54) is 17.4 Å². The van der Waals surface area contributed by atoms with Crippen LogP contribution in [0.5, 0.6) is 0 Å². The van der Waals surface area contributed by atoms with Crippen molar-refractivity contribution in [3.63, 3.8) is 0 Å². The second-order valence-electron chi connectivity index (χ2n) is 8.08. The zero-order valence-corrected chi connectivity index (χ0v) is 20.5. The molecule has 2 aromatic heterocycles. The van der Waals surface area contributed by atoms with Gasteiger partial charge in [-0.2, -0.15) is 5.10 Å². The van der Waals surface area contributed by atoms with Crippen LogP contribution in [0.2, 0.25) is 0 Å². The van der Waals surface area contributed by atoms with Crippen LogP contribution in [0.1, 0.15) is 29.4 Å². The number of benzene rings is 1. The number of aryl methyl sites for hydroxylation is 1. The van der Waals surface area contributed by atoms with Gasteiger partial charge in [-0.1, -0.05) is 23.5 Å². The second kappa shape index (κ2) is 9.00. The Hall–Kier alpha value is -2.15. The van der Waals surface area contributed by atoms with E-state index in [0.717, 1.165) is 17.0 Å². The summed E-state index contributed by atoms with van der Waals surface area (Å²) in [5.41, 5.74) is 3.30. The molecule has 4 rings (SSSR count). The lowest BCUT2D eigenvalue weighted by Gasteiger charge is -2.17. The van der Waals surface area contributed by atoms with Gasteiger partial charge in [0.05, 0.1) is 35.6 Å². The highest BCUT2D eigenvalue weighted by Crippen LogP contribution is 2.27. The molecule has 0 bridgehead atoms. The van der Waals surface area contributed by atoms with Crippen LogP contribution >= 0.6 is 23.6 Å². The molecular weight excluding hydrogens is 471 g/mol. The second-order valence-corrected chi connectivity index (χ2v) is 11.9. The number of nitrogens with one attached hydrogen (secondary N) is 1. The quantitative estimate of drug-likeness (QED) is 0.498. The van der Waals surface area contributed by atoms with Gasteiger partial charge in [-0.25, -0.2) is 17.5 Å². The van der Waals surface area contributed by atoms with E-state index in [9.17, 15) is 12.8 Å². The standard InChI is InChI=1S/C20H25FN6O2S3/c1-13-16(14(2)27(23-13)15-8-9-32(28,29)11-15)10-25(3)12-26-20(30)31-19(24-26)22-18-7-5-4-6-17(18)21/h4-7,15H,8-12H2,1-3H3,(H,22,24). The van der Waals surface area contributed by atoms with E-state index in [4.69, 9.17) is 12.2 Å². The minimum atomic E-state index is -2.98. The zero-order valence-electron chi connectivity index (χ0n) is 18.1. The molecule has 1 unspecified atom stereocenters.